The molecule has 0 amide bonds. The van der Waals surface area contributed by atoms with Crippen LogP contribution < -0.4 is 10.1 Å². The normalized spacial score (nSPS) is 23.4. The Bertz CT molecular complexity index is 396. The second-order valence-corrected chi connectivity index (χ2v) is 4.92. The first-order chi connectivity index (χ1) is 8.03. The third kappa shape index (κ3) is 2.58. The topological polar surface area (TPSA) is 30.5 Å². The van der Waals surface area contributed by atoms with Crippen molar-refractivity contribution in [2.45, 2.75) is 25.5 Å². The summed E-state index contributed by atoms with van der Waals surface area (Å²) in [4.78, 5) is 0. The maximum atomic E-state index is 13.8. The van der Waals surface area contributed by atoms with Crippen LogP contribution in [0.4, 0.5) is 4.39 Å². The van der Waals surface area contributed by atoms with Crippen molar-refractivity contribution in [3.8, 4) is 5.75 Å². The molecular formula is C13H18FNO2. The molecule has 17 heavy (non-hydrogen) atoms. The minimum atomic E-state index is -0.292. The fourth-order valence-electron chi connectivity index (χ4n) is 1.98. The largest absolute Gasteiger partial charge is 0.496 e. The van der Waals surface area contributed by atoms with Gasteiger partial charge in [-0.3, -0.25) is 0 Å². The molecule has 0 bridgehead atoms. The van der Waals surface area contributed by atoms with Crippen LogP contribution in [0, 0.1) is 5.82 Å². The van der Waals surface area contributed by atoms with Gasteiger partial charge in [-0.2, -0.15) is 0 Å². The molecule has 0 spiro atoms. The molecule has 94 valence electrons. The molecular weight excluding hydrogens is 221 g/mol. The van der Waals surface area contributed by atoms with Crippen molar-refractivity contribution in [2.75, 3.05) is 20.3 Å². The standard InChI is InChI=1S/C13H18FNO2/c1-13(2)8-17-11(7-15-13)12-9(14)5-4-6-10(12)16-3/h4-6,11,15H,7-8H2,1-3H3. The maximum absolute atomic E-state index is 13.8. The lowest BCUT2D eigenvalue weighted by Crippen LogP contribution is -2.50. The van der Waals surface area contributed by atoms with E-state index in [0.29, 0.717) is 24.5 Å². The lowest BCUT2D eigenvalue weighted by atomic mass is 10.0. The van der Waals surface area contributed by atoms with Crippen molar-refractivity contribution >= 4 is 0 Å². The van der Waals surface area contributed by atoms with Gasteiger partial charge in [-0.1, -0.05) is 6.07 Å². The molecule has 1 atom stereocenters. The van der Waals surface area contributed by atoms with E-state index < -0.39 is 0 Å². The molecule has 0 aromatic heterocycles. The summed E-state index contributed by atoms with van der Waals surface area (Å²) in [6, 6.07) is 4.82. The number of methoxy groups -OCH3 is 1. The van der Waals surface area contributed by atoms with Crippen LogP contribution in [0.25, 0.3) is 0 Å². The molecule has 0 saturated carbocycles. The first-order valence-corrected chi connectivity index (χ1v) is 5.72. The van der Waals surface area contributed by atoms with Crippen molar-refractivity contribution in [3.63, 3.8) is 0 Å². The maximum Gasteiger partial charge on any atom is 0.132 e. The number of ether oxygens (including phenoxy) is 2. The van der Waals surface area contributed by atoms with Gasteiger partial charge in [0.05, 0.1) is 19.3 Å². The van der Waals surface area contributed by atoms with Crippen molar-refractivity contribution in [1.82, 2.24) is 5.32 Å². The highest BCUT2D eigenvalue weighted by atomic mass is 19.1. The quantitative estimate of drug-likeness (QED) is 0.858. The van der Waals surface area contributed by atoms with Gasteiger partial charge in [0, 0.05) is 12.1 Å². The molecule has 1 unspecified atom stereocenters. The molecule has 0 aliphatic carbocycles. The minimum absolute atomic E-state index is 0.0605. The molecule has 4 heteroatoms. The average Bonchev–Trinajstić information content (AvgIpc) is 2.29. The molecule has 1 aromatic carbocycles. The Morgan fingerprint density at radius 3 is 2.82 bits per heavy atom. The number of halogens is 1. The Morgan fingerprint density at radius 1 is 1.47 bits per heavy atom. The molecule has 2 rings (SSSR count). The van der Waals surface area contributed by atoms with Gasteiger partial charge in [0.1, 0.15) is 17.7 Å². The molecule has 3 nitrogen and oxygen atoms in total. The second-order valence-electron chi connectivity index (χ2n) is 4.92. The molecule has 1 heterocycles. The minimum Gasteiger partial charge on any atom is -0.496 e. The first kappa shape index (κ1) is 12.3. The summed E-state index contributed by atoms with van der Waals surface area (Å²) in [6.45, 7) is 5.25. The molecule has 1 fully saturated rings. The van der Waals surface area contributed by atoms with Crippen LogP contribution >= 0.6 is 0 Å². The Labute approximate surface area is 101 Å². The number of morpholine rings is 1. The monoisotopic (exact) mass is 239 g/mol. The molecule has 1 aliphatic heterocycles. The smallest absolute Gasteiger partial charge is 0.132 e. The van der Waals surface area contributed by atoms with Crippen LogP contribution in [-0.4, -0.2) is 25.8 Å². The van der Waals surface area contributed by atoms with Crippen LogP contribution in [0.5, 0.6) is 5.75 Å². The van der Waals surface area contributed by atoms with E-state index in [1.165, 1.54) is 6.07 Å². The number of nitrogens with one attached hydrogen (secondary N) is 1. The highest BCUT2D eigenvalue weighted by Gasteiger charge is 2.30. The zero-order chi connectivity index (χ0) is 12.5. The number of hydrogen-bond acceptors (Lipinski definition) is 3. The third-order valence-electron chi connectivity index (χ3n) is 2.97. The van der Waals surface area contributed by atoms with Crippen molar-refractivity contribution in [3.05, 3.63) is 29.6 Å². The third-order valence-corrected chi connectivity index (χ3v) is 2.97. The zero-order valence-corrected chi connectivity index (χ0v) is 10.4. The molecule has 1 aliphatic rings. The van der Waals surface area contributed by atoms with Crippen molar-refractivity contribution in [2.24, 2.45) is 0 Å². The van der Waals surface area contributed by atoms with Gasteiger partial charge in [0.15, 0.2) is 0 Å². The van der Waals surface area contributed by atoms with Gasteiger partial charge in [0.2, 0.25) is 0 Å². The Morgan fingerprint density at radius 2 is 2.24 bits per heavy atom. The van der Waals surface area contributed by atoms with Gasteiger partial charge in [0.25, 0.3) is 0 Å². The highest BCUT2D eigenvalue weighted by Crippen LogP contribution is 2.32. The highest BCUT2D eigenvalue weighted by molar-refractivity contribution is 5.37. The summed E-state index contributed by atoms with van der Waals surface area (Å²) in [5.41, 5.74) is 0.438. The van der Waals surface area contributed by atoms with E-state index in [-0.39, 0.29) is 17.5 Å². The Hall–Kier alpha value is -1.13. The van der Waals surface area contributed by atoms with Gasteiger partial charge in [-0.25, -0.2) is 4.39 Å². The molecule has 1 N–H and O–H groups in total. The summed E-state index contributed by atoms with van der Waals surface area (Å²) >= 11 is 0. The van der Waals surface area contributed by atoms with Crippen LogP contribution in [0.2, 0.25) is 0 Å². The SMILES string of the molecule is COc1cccc(F)c1C1CNC(C)(C)CO1. The fraction of sp³-hybridized carbons (Fsp3) is 0.538. The molecule has 0 radical (unpaired) electrons. The Balaban J connectivity index is 2.23. The number of hydrogen-bond donors (Lipinski definition) is 1. The molecule has 1 aromatic rings. The number of rotatable bonds is 2. The van der Waals surface area contributed by atoms with Crippen molar-refractivity contribution < 1.29 is 13.9 Å². The van der Waals surface area contributed by atoms with Crippen LogP contribution in [0.1, 0.15) is 25.5 Å². The summed E-state index contributed by atoms with van der Waals surface area (Å²) in [5, 5.41) is 3.34. The van der Waals surface area contributed by atoms with Crippen LogP contribution in [-0.2, 0) is 4.74 Å². The summed E-state index contributed by atoms with van der Waals surface area (Å²) in [5.74, 6) is 0.257. The first-order valence-electron chi connectivity index (χ1n) is 5.72. The van der Waals surface area contributed by atoms with E-state index in [0.717, 1.165) is 0 Å². The summed E-state index contributed by atoms with van der Waals surface area (Å²) in [7, 11) is 1.54. The van der Waals surface area contributed by atoms with Gasteiger partial charge in [-0.15, -0.1) is 0 Å². The average molecular weight is 239 g/mol. The second kappa shape index (κ2) is 4.63. The van der Waals surface area contributed by atoms with Gasteiger partial charge >= 0.3 is 0 Å². The van der Waals surface area contributed by atoms with E-state index in [2.05, 4.69) is 19.2 Å². The zero-order valence-electron chi connectivity index (χ0n) is 10.4. The summed E-state index contributed by atoms with van der Waals surface area (Å²) < 4.78 is 24.7. The van der Waals surface area contributed by atoms with E-state index in [1.807, 2.05) is 0 Å². The number of benzene rings is 1. The Kier molecular flexibility index (Phi) is 3.35. The van der Waals surface area contributed by atoms with Crippen molar-refractivity contribution in [1.29, 1.82) is 0 Å². The van der Waals surface area contributed by atoms with E-state index in [1.54, 1.807) is 19.2 Å². The molecule has 1 saturated heterocycles. The van der Waals surface area contributed by atoms with E-state index in [4.69, 9.17) is 9.47 Å². The van der Waals surface area contributed by atoms with Gasteiger partial charge < -0.3 is 14.8 Å². The van der Waals surface area contributed by atoms with E-state index in [9.17, 15) is 4.39 Å². The van der Waals surface area contributed by atoms with Crippen LogP contribution in [0.15, 0.2) is 18.2 Å². The van der Waals surface area contributed by atoms with E-state index >= 15 is 0 Å². The lowest BCUT2D eigenvalue weighted by Gasteiger charge is -2.36. The fourth-order valence-corrected chi connectivity index (χ4v) is 1.98. The lowest BCUT2D eigenvalue weighted by molar-refractivity contribution is -0.0255. The van der Waals surface area contributed by atoms with Gasteiger partial charge in [-0.05, 0) is 26.0 Å². The summed E-state index contributed by atoms with van der Waals surface area (Å²) in [6.07, 6.45) is -0.292. The predicted molar refractivity (Wildman–Crippen MR) is 63.7 cm³/mol. The van der Waals surface area contributed by atoms with Crippen LogP contribution in [0.3, 0.4) is 0 Å². The predicted octanol–water partition coefficient (Wildman–Crippen LogP) is 2.27.